The minimum Gasteiger partial charge on any atom is -0.497 e. The van der Waals surface area contributed by atoms with Crippen LogP contribution in [0.1, 0.15) is 43.0 Å². The second-order valence-electron chi connectivity index (χ2n) is 10.4. The number of nitrogens with zero attached hydrogens (tertiary/aromatic N) is 1. The van der Waals surface area contributed by atoms with E-state index in [0.717, 1.165) is 22.3 Å². The molecule has 1 N–H and O–H groups in total. The van der Waals surface area contributed by atoms with Gasteiger partial charge in [-0.3, -0.25) is 9.59 Å². The maximum absolute atomic E-state index is 13.8. The molecule has 0 saturated carbocycles. The summed E-state index contributed by atoms with van der Waals surface area (Å²) in [6, 6.07) is 22.5. The topological polar surface area (TPSA) is 67.9 Å². The van der Waals surface area contributed by atoms with Crippen LogP contribution in [0.2, 0.25) is 0 Å². The number of amides is 2. The van der Waals surface area contributed by atoms with Crippen LogP contribution >= 0.6 is 0 Å². The standard InChI is InChI=1S/C31H38N2O4/c1-22-15-16-23(2)28(17-22)37-21-29(34)33(20-25-13-10-14-26(18-25)36-6)27(30(35)32-31(3,4)5)19-24-11-8-7-9-12-24/h7-18,27H,19-21H2,1-6H3,(H,32,35). The van der Waals surface area contributed by atoms with E-state index in [-0.39, 0.29) is 25.0 Å². The Kier molecular flexibility index (Phi) is 9.34. The van der Waals surface area contributed by atoms with E-state index in [0.29, 0.717) is 17.9 Å². The van der Waals surface area contributed by atoms with Crippen molar-refractivity contribution < 1.29 is 19.1 Å². The zero-order valence-electron chi connectivity index (χ0n) is 22.7. The van der Waals surface area contributed by atoms with E-state index in [1.165, 1.54) is 0 Å². The third-order valence-corrected chi connectivity index (χ3v) is 5.95. The Labute approximate surface area is 220 Å². The predicted octanol–water partition coefficient (Wildman–Crippen LogP) is 5.25. The average Bonchev–Trinajstić information content (AvgIpc) is 2.86. The van der Waals surface area contributed by atoms with Gasteiger partial charge in [-0.05, 0) is 75.1 Å². The molecular weight excluding hydrogens is 464 g/mol. The van der Waals surface area contributed by atoms with Gasteiger partial charge in [-0.1, -0.05) is 54.6 Å². The Bertz CT molecular complexity index is 1200. The first-order valence-corrected chi connectivity index (χ1v) is 12.5. The van der Waals surface area contributed by atoms with Crippen LogP contribution in [0.5, 0.6) is 11.5 Å². The maximum Gasteiger partial charge on any atom is 0.261 e. The molecule has 196 valence electrons. The zero-order chi connectivity index (χ0) is 27.0. The SMILES string of the molecule is COc1cccc(CN(C(=O)COc2cc(C)ccc2C)C(Cc2ccccc2)C(=O)NC(C)(C)C)c1. The molecule has 3 rings (SSSR count). The molecule has 1 unspecified atom stereocenters. The van der Waals surface area contributed by atoms with Gasteiger partial charge in [0.15, 0.2) is 6.61 Å². The molecule has 3 aromatic rings. The highest BCUT2D eigenvalue weighted by molar-refractivity contribution is 5.89. The number of methoxy groups -OCH3 is 1. The van der Waals surface area contributed by atoms with E-state index in [1.807, 2.05) is 107 Å². The summed E-state index contributed by atoms with van der Waals surface area (Å²) in [5.41, 5.74) is 3.37. The minimum atomic E-state index is -0.734. The van der Waals surface area contributed by atoms with E-state index in [4.69, 9.17) is 9.47 Å². The van der Waals surface area contributed by atoms with Crippen LogP contribution in [0.15, 0.2) is 72.8 Å². The minimum absolute atomic E-state index is 0.178. The number of hydrogen-bond donors (Lipinski definition) is 1. The van der Waals surface area contributed by atoms with Crippen molar-refractivity contribution in [2.24, 2.45) is 0 Å². The van der Waals surface area contributed by atoms with Gasteiger partial charge < -0.3 is 19.7 Å². The Hall–Kier alpha value is -3.80. The lowest BCUT2D eigenvalue weighted by Gasteiger charge is -2.34. The quantitative estimate of drug-likeness (QED) is 0.411. The number of hydrogen-bond acceptors (Lipinski definition) is 4. The number of ether oxygens (including phenoxy) is 2. The molecule has 0 bridgehead atoms. The molecule has 0 fully saturated rings. The molecular formula is C31H38N2O4. The van der Waals surface area contributed by atoms with Crippen LogP contribution in [0.25, 0.3) is 0 Å². The van der Waals surface area contributed by atoms with Gasteiger partial charge in [0, 0.05) is 18.5 Å². The number of carbonyl (C=O) groups excluding carboxylic acids is 2. The predicted molar refractivity (Wildman–Crippen MR) is 147 cm³/mol. The van der Waals surface area contributed by atoms with E-state index < -0.39 is 11.6 Å². The van der Waals surface area contributed by atoms with Gasteiger partial charge in [-0.2, -0.15) is 0 Å². The molecule has 37 heavy (non-hydrogen) atoms. The largest absolute Gasteiger partial charge is 0.497 e. The highest BCUT2D eigenvalue weighted by atomic mass is 16.5. The number of rotatable bonds is 10. The maximum atomic E-state index is 13.8. The first kappa shape index (κ1) is 27.8. The summed E-state index contributed by atoms with van der Waals surface area (Å²) in [7, 11) is 1.61. The Morgan fingerprint density at radius 2 is 1.62 bits per heavy atom. The third-order valence-electron chi connectivity index (χ3n) is 5.95. The number of benzene rings is 3. The Balaban J connectivity index is 1.96. The Morgan fingerprint density at radius 1 is 0.919 bits per heavy atom. The van der Waals surface area contributed by atoms with Crippen LogP contribution < -0.4 is 14.8 Å². The fourth-order valence-electron chi connectivity index (χ4n) is 4.06. The second kappa shape index (κ2) is 12.4. The highest BCUT2D eigenvalue weighted by Gasteiger charge is 2.32. The summed E-state index contributed by atoms with van der Waals surface area (Å²) in [4.78, 5) is 29.0. The van der Waals surface area contributed by atoms with E-state index in [1.54, 1.807) is 12.0 Å². The third kappa shape index (κ3) is 8.38. The average molecular weight is 503 g/mol. The lowest BCUT2D eigenvalue weighted by Crippen LogP contribution is -2.55. The van der Waals surface area contributed by atoms with Crippen LogP contribution in [0, 0.1) is 13.8 Å². The fraction of sp³-hybridized carbons (Fsp3) is 0.355. The van der Waals surface area contributed by atoms with Gasteiger partial charge in [-0.25, -0.2) is 0 Å². The van der Waals surface area contributed by atoms with Gasteiger partial charge in [0.2, 0.25) is 5.91 Å². The molecule has 0 radical (unpaired) electrons. The summed E-state index contributed by atoms with van der Waals surface area (Å²) >= 11 is 0. The molecule has 1 atom stereocenters. The Morgan fingerprint density at radius 3 is 2.30 bits per heavy atom. The fourth-order valence-corrected chi connectivity index (χ4v) is 4.06. The van der Waals surface area contributed by atoms with Crippen molar-refractivity contribution in [3.63, 3.8) is 0 Å². The highest BCUT2D eigenvalue weighted by Crippen LogP contribution is 2.22. The van der Waals surface area contributed by atoms with Crippen molar-refractivity contribution >= 4 is 11.8 Å². The molecule has 6 nitrogen and oxygen atoms in total. The first-order chi connectivity index (χ1) is 17.6. The van der Waals surface area contributed by atoms with Crippen molar-refractivity contribution in [1.29, 1.82) is 0 Å². The van der Waals surface area contributed by atoms with Crippen LogP contribution in [-0.2, 0) is 22.6 Å². The summed E-state index contributed by atoms with van der Waals surface area (Å²) in [5.74, 6) is 0.872. The summed E-state index contributed by atoms with van der Waals surface area (Å²) in [5, 5.41) is 3.08. The number of nitrogens with one attached hydrogen (secondary N) is 1. The smallest absolute Gasteiger partial charge is 0.261 e. The molecule has 0 aromatic heterocycles. The lowest BCUT2D eigenvalue weighted by atomic mass is 10.0. The number of aryl methyl sites for hydroxylation is 2. The van der Waals surface area contributed by atoms with Gasteiger partial charge in [0.1, 0.15) is 17.5 Å². The van der Waals surface area contributed by atoms with Crippen molar-refractivity contribution in [1.82, 2.24) is 10.2 Å². The molecule has 0 spiro atoms. The molecule has 0 aliphatic heterocycles. The lowest BCUT2D eigenvalue weighted by molar-refractivity contribution is -0.143. The monoisotopic (exact) mass is 502 g/mol. The van der Waals surface area contributed by atoms with E-state index in [2.05, 4.69) is 5.32 Å². The van der Waals surface area contributed by atoms with Gasteiger partial charge >= 0.3 is 0 Å². The molecule has 0 saturated heterocycles. The van der Waals surface area contributed by atoms with Gasteiger partial charge in [-0.15, -0.1) is 0 Å². The molecule has 0 heterocycles. The normalized spacial score (nSPS) is 11.9. The molecule has 0 aliphatic rings. The van der Waals surface area contributed by atoms with E-state index >= 15 is 0 Å². The van der Waals surface area contributed by atoms with Crippen LogP contribution in [-0.4, -0.2) is 42.0 Å². The van der Waals surface area contributed by atoms with Crippen LogP contribution in [0.4, 0.5) is 0 Å². The molecule has 6 heteroatoms. The van der Waals surface area contributed by atoms with Crippen molar-refractivity contribution in [2.75, 3.05) is 13.7 Å². The summed E-state index contributed by atoms with van der Waals surface area (Å²) < 4.78 is 11.4. The van der Waals surface area contributed by atoms with Crippen molar-refractivity contribution in [2.45, 2.75) is 59.2 Å². The van der Waals surface area contributed by atoms with Crippen molar-refractivity contribution in [3.05, 3.63) is 95.1 Å². The molecule has 0 aliphatic carbocycles. The van der Waals surface area contributed by atoms with Gasteiger partial charge in [0.05, 0.1) is 7.11 Å². The van der Waals surface area contributed by atoms with E-state index in [9.17, 15) is 9.59 Å². The zero-order valence-corrected chi connectivity index (χ0v) is 22.7. The first-order valence-electron chi connectivity index (χ1n) is 12.5. The second-order valence-corrected chi connectivity index (χ2v) is 10.4. The van der Waals surface area contributed by atoms with Crippen molar-refractivity contribution in [3.8, 4) is 11.5 Å². The molecule has 3 aromatic carbocycles. The summed E-state index contributed by atoms with van der Waals surface area (Å²) in [6.07, 6.45) is 0.377. The summed E-state index contributed by atoms with van der Waals surface area (Å²) in [6.45, 7) is 9.79. The number of carbonyl (C=O) groups is 2. The van der Waals surface area contributed by atoms with Crippen LogP contribution in [0.3, 0.4) is 0 Å². The van der Waals surface area contributed by atoms with Gasteiger partial charge in [0.25, 0.3) is 5.91 Å². The molecule has 2 amide bonds.